The molecule has 1 saturated carbocycles. The molecular weight excluding hydrogens is 331 g/mol. The zero-order chi connectivity index (χ0) is 17.2. The lowest BCUT2D eigenvalue weighted by Crippen LogP contribution is -2.45. The SMILES string of the molecule is CN(c1ncnc2[nH]ccc12)[C@H]1C[C@@H](CS(=O)(=O)CCCCF)C1. The number of hydrogen-bond donors (Lipinski definition) is 1. The number of aromatic nitrogens is 3. The molecule has 3 rings (SSSR count). The van der Waals surface area contributed by atoms with Gasteiger partial charge in [0.15, 0.2) is 9.84 Å². The van der Waals surface area contributed by atoms with Crippen molar-refractivity contribution in [3.8, 4) is 0 Å². The van der Waals surface area contributed by atoms with Crippen molar-refractivity contribution < 1.29 is 12.8 Å². The predicted octanol–water partition coefficient (Wildman–Crippen LogP) is 2.34. The largest absolute Gasteiger partial charge is 0.356 e. The summed E-state index contributed by atoms with van der Waals surface area (Å²) in [7, 11) is -1.08. The second kappa shape index (κ2) is 7.04. The Labute approximate surface area is 141 Å². The number of halogens is 1. The average molecular weight is 354 g/mol. The first-order valence-corrected chi connectivity index (χ1v) is 10.1. The van der Waals surface area contributed by atoms with Crippen LogP contribution < -0.4 is 4.90 Å². The summed E-state index contributed by atoms with van der Waals surface area (Å²) < 4.78 is 36.2. The Balaban J connectivity index is 1.55. The summed E-state index contributed by atoms with van der Waals surface area (Å²) in [5, 5.41) is 0.974. The van der Waals surface area contributed by atoms with Gasteiger partial charge in [0, 0.05) is 19.3 Å². The Hall–Kier alpha value is -1.70. The van der Waals surface area contributed by atoms with E-state index in [1.807, 2.05) is 19.3 Å². The van der Waals surface area contributed by atoms with Gasteiger partial charge in [0.1, 0.15) is 17.8 Å². The van der Waals surface area contributed by atoms with Crippen LogP contribution in [0.5, 0.6) is 0 Å². The molecule has 0 aromatic carbocycles. The molecule has 0 atom stereocenters. The molecule has 1 aliphatic rings. The lowest BCUT2D eigenvalue weighted by molar-refractivity contribution is 0.282. The third-order valence-electron chi connectivity index (χ3n) is 4.75. The highest BCUT2D eigenvalue weighted by atomic mass is 32.2. The van der Waals surface area contributed by atoms with Gasteiger partial charge in [-0.25, -0.2) is 18.4 Å². The molecule has 2 heterocycles. The van der Waals surface area contributed by atoms with Gasteiger partial charge in [-0.3, -0.25) is 4.39 Å². The van der Waals surface area contributed by atoms with E-state index in [0.717, 1.165) is 29.7 Å². The first kappa shape index (κ1) is 17.1. The van der Waals surface area contributed by atoms with Gasteiger partial charge in [0.05, 0.1) is 23.6 Å². The van der Waals surface area contributed by atoms with Crippen LogP contribution in [0.25, 0.3) is 11.0 Å². The van der Waals surface area contributed by atoms with E-state index < -0.39 is 16.5 Å². The van der Waals surface area contributed by atoms with Gasteiger partial charge in [0.25, 0.3) is 0 Å². The van der Waals surface area contributed by atoms with Gasteiger partial charge in [-0.15, -0.1) is 0 Å². The maximum Gasteiger partial charge on any atom is 0.150 e. The van der Waals surface area contributed by atoms with E-state index >= 15 is 0 Å². The van der Waals surface area contributed by atoms with E-state index in [1.165, 1.54) is 6.33 Å². The standard InChI is InChI=1S/C16H23FN4O2S/c1-21(16-14-4-6-18-15(14)19-11-20-16)13-8-12(9-13)10-24(22,23)7-3-2-5-17/h4,6,11-13H,2-3,5,7-10H2,1H3,(H,18,19,20)/t12-,13+. The number of sulfone groups is 1. The molecular formula is C16H23FN4O2S. The summed E-state index contributed by atoms with van der Waals surface area (Å²) in [6, 6.07) is 2.25. The fourth-order valence-corrected chi connectivity index (χ4v) is 5.13. The normalized spacial score (nSPS) is 20.9. The molecule has 1 fully saturated rings. The lowest BCUT2D eigenvalue weighted by atomic mass is 9.81. The summed E-state index contributed by atoms with van der Waals surface area (Å²) >= 11 is 0. The van der Waals surface area contributed by atoms with Gasteiger partial charge >= 0.3 is 0 Å². The van der Waals surface area contributed by atoms with Crippen LogP contribution >= 0.6 is 0 Å². The van der Waals surface area contributed by atoms with Gasteiger partial charge in [-0.1, -0.05) is 0 Å². The number of fused-ring (bicyclic) bond motifs is 1. The van der Waals surface area contributed by atoms with E-state index in [-0.39, 0.29) is 17.4 Å². The zero-order valence-corrected chi connectivity index (χ0v) is 14.6. The van der Waals surface area contributed by atoms with Gasteiger partial charge in [-0.05, 0) is 37.7 Å². The fraction of sp³-hybridized carbons (Fsp3) is 0.625. The van der Waals surface area contributed by atoms with Crippen molar-refractivity contribution in [2.24, 2.45) is 5.92 Å². The van der Waals surface area contributed by atoms with Crippen LogP contribution in [-0.4, -0.2) is 54.6 Å². The zero-order valence-electron chi connectivity index (χ0n) is 13.8. The number of alkyl halides is 1. The van der Waals surface area contributed by atoms with Crippen molar-refractivity contribution in [1.82, 2.24) is 15.0 Å². The van der Waals surface area contributed by atoms with Crippen LogP contribution in [0.15, 0.2) is 18.6 Å². The highest BCUT2D eigenvalue weighted by Gasteiger charge is 2.35. The molecule has 1 N–H and O–H groups in total. The second-order valence-corrected chi connectivity index (χ2v) is 8.78. The van der Waals surface area contributed by atoms with Gasteiger partial charge < -0.3 is 9.88 Å². The van der Waals surface area contributed by atoms with E-state index in [9.17, 15) is 12.8 Å². The minimum Gasteiger partial charge on any atom is -0.356 e. The van der Waals surface area contributed by atoms with Crippen molar-refractivity contribution >= 4 is 26.7 Å². The number of aromatic amines is 1. The van der Waals surface area contributed by atoms with E-state index in [4.69, 9.17) is 0 Å². The highest BCUT2D eigenvalue weighted by Crippen LogP contribution is 2.35. The number of H-pyrrole nitrogens is 1. The van der Waals surface area contributed by atoms with E-state index in [2.05, 4.69) is 19.9 Å². The quantitative estimate of drug-likeness (QED) is 0.736. The number of unbranched alkanes of at least 4 members (excludes halogenated alkanes) is 1. The Morgan fingerprint density at radius 2 is 2.12 bits per heavy atom. The van der Waals surface area contributed by atoms with Crippen molar-refractivity contribution in [2.45, 2.75) is 31.7 Å². The van der Waals surface area contributed by atoms with E-state index in [0.29, 0.717) is 18.9 Å². The van der Waals surface area contributed by atoms with E-state index in [1.54, 1.807) is 0 Å². The van der Waals surface area contributed by atoms with Crippen LogP contribution in [0, 0.1) is 5.92 Å². The summed E-state index contributed by atoms with van der Waals surface area (Å²) in [6.45, 7) is -0.446. The molecule has 132 valence electrons. The number of nitrogens with zero attached hydrogens (tertiary/aromatic N) is 3. The average Bonchev–Trinajstić information content (AvgIpc) is 2.98. The second-order valence-electron chi connectivity index (χ2n) is 6.55. The van der Waals surface area contributed by atoms with Crippen molar-refractivity contribution in [3.05, 3.63) is 18.6 Å². The van der Waals surface area contributed by atoms with Crippen LogP contribution in [0.4, 0.5) is 10.2 Å². The Morgan fingerprint density at radius 1 is 1.33 bits per heavy atom. The monoisotopic (exact) mass is 354 g/mol. The smallest absolute Gasteiger partial charge is 0.150 e. The molecule has 2 aromatic rings. The molecule has 8 heteroatoms. The third kappa shape index (κ3) is 3.68. The molecule has 24 heavy (non-hydrogen) atoms. The van der Waals surface area contributed by atoms with Crippen LogP contribution in [0.2, 0.25) is 0 Å². The van der Waals surface area contributed by atoms with Crippen molar-refractivity contribution in [1.29, 1.82) is 0 Å². The Kier molecular flexibility index (Phi) is 5.03. The van der Waals surface area contributed by atoms with Gasteiger partial charge in [0.2, 0.25) is 0 Å². The highest BCUT2D eigenvalue weighted by molar-refractivity contribution is 7.91. The molecule has 0 bridgehead atoms. The van der Waals surface area contributed by atoms with Crippen molar-refractivity contribution in [2.75, 3.05) is 30.1 Å². The summed E-state index contributed by atoms with van der Waals surface area (Å²) in [4.78, 5) is 13.7. The van der Waals surface area contributed by atoms with Crippen LogP contribution in [-0.2, 0) is 9.84 Å². The fourth-order valence-electron chi connectivity index (χ4n) is 3.32. The predicted molar refractivity (Wildman–Crippen MR) is 92.7 cm³/mol. The number of nitrogens with one attached hydrogen (secondary N) is 1. The van der Waals surface area contributed by atoms with Crippen LogP contribution in [0.3, 0.4) is 0 Å². The Morgan fingerprint density at radius 3 is 2.88 bits per heavy atom. The third-order valence-corrected chi connectivity index (χ3v) is 6.64. The number of rotatable bonds is 8. The number of anilines is 1. The summed E-state index contributed by atoms with van der Waals surface area (Å²) in [6.07, 6.45) is 5.81. The summed E-state index contributed by atoms with van der Waals surface area (Å²) in [5.74, 6) is 1.38. The molecule has 0 spiro atoms. The maximum absolute atomic E-state index is 12.1. The first-order valence-electron chi connectivity index (χ1n) is 8.27. The minimum absolute atomic E-state index is 0.101. The number of hydrogen-bond acceptors (Lipinski definition) is 5. The molecule has 1 aliphatic carbocycles. The van der Waals surface area contributed by atoms with Crippen molar-refractivity contribution in [3.63, 3.8) is 0 Å². The lowest BCUT2D eigenvalue weighted by Gasteiger charge is -2.41. The first-order chi connectivity index (χ1) is 11.5. The molecule has 2 aromatic heterocycles. The molecule has 0 amide bonds. The molecule has 6 nitrogen and oxygen atoms in total. The molecule has 0 unspecified atom stereocenters. The molecule has 0 saturated heterocycles. The topological polar surface area (TPSA) is 79.0 Å². The molecule has 0 radical (unpaired) electrons. The van der Waals surface area contributed by atoms with Gasteiger partial charge in [-0.2, -0.15) is 0 Å². The minimum atomic E-state index is -3.07. The maximum atomic E-state index is 12.1. The van der Waals surface area contributed by atoms with Crippen LogP contribution in [0.1, 0.15) is 25.7 Å². The Bertz CT molecular complexity index is 786. The summed E-state index contributed by atoms with van der Waals surface area (Å²) in [5.41, 5.74) is 0.804. The molecule has 0 aliphatic heterocycles.